The molecule has 1 N–H and O–H groups in total. The van der Waals surface area contributed by atoms with Gasteiger partial charge in [0.2, 0.25) is 0 Å². The molecule has 0 unspecified atom stereocenters. The summed E-state index contributed by atoms with van der Waals surface area (Å²) in [6.45, 7) is 0. The average Bonchev–Trinajstić information content (AvgIpc) is 2.61. The lowest BCUT2D eigenvalue weighted by atomic mass is 10.4. The highest BCUT2D eigenvalue weighted by molar-refractivity contribution is 9.10. The summed E-state index contributed by atoms with van der Waals surface area (Å²) in [4.78, 5) is 14.8. The minimum atomic E-state index is -1.11. The fourth-order valence-electron chi connectivity index (χ4n) is 1.15. The highest BCUT2D eigenvalue weighted by atomic mass is 79.9. The van der Waals surface area contributed by atoms with Crippen molar-refractivity contribution in [1.82, 2.24) is 14.8 Å². The standard InChI is InChI=1S/C9H5BrClN3O2/c10-5-4-14(13-7(5)9(15)16)8-6(11)2-1-3-12-8/h1-4H,(H,15,16). The zero-order valence-electron chi connectivity index (χ0n) is 7.76. The monoisotopic (exact) mass is 301 g/mol. The van der Waals surface area contributed by atoms with Crippen LogP contribution in [-0.4, -0.2) is 25.8 Å². The number of carbonyl (C=O) groups is 1. The number of hydrogen-bond donors (Lipinski definition) is 1. The van der Waals surface area contributed by atoms with Crippen molar-refractivity contribution in [3.05, 3.63) is 39.7 Å². The van der Waals surface area contributed by atoms with Crippen LogP contribution in [0, 0.1) is 0 Å². The number of pyridine rings is 1. The van der Waals surface area contributed by atoms with Crippen LogP contribution in [0.2, 0.25) is 5.02 Å². The first-order valence-electron chi connectivity index (χ1n) is 4.19. The van der Waals surface area contributed by atoms with Crippen molar-refractivity contribution in [3.63, 3.8) is 0 Å². The third-order valence-electron chi connectivity index (χ3n) is 1.83. The molecule has 0 spiro atoms. The molecule has 2 aromatic rings. The number of carboxylic acids is 1. The van der Waals surface area contributed by atoms with E-state index in [0.29, 0.717) is 15.3 Å². The van der Waals surface area contributed by atoms with E-state index in [1.165, 1.54) is 10.9 Å². The lowest BCUT2D eigenvalue weighted by Crippen LogP contribution is -2.03. The molecule has 0 saturated heterocycles. The number of aromatic carboxylic acids is 1. The third-order valence-corrected chi connectivity index (χ3v) is 2.70. The molecule has 2 heterocycles. The van der Waals surface area contributed by atoms with Gasteiger partial charge >= 0.3 is 5.97 Å². The second-order valence-electron chi connectivity index (χ2n) is 2.88. The second-order valence-corrected chi connectivity index (χ2v) is 4.15. The number of carboxylic acid groups (broad SMARTS) is 1. The maximum Gasteiger partial charge on any atom is 0.357 e. The number of hydrogen-bond acceptors (Lipinski definition) is 3. The Balaban J connectivity index is 2.54. The minimum absolute atomic E-state index is 0.0817. The summed E-state index contributed by atoms with van der Waals surface area (Å²) in [5.74, 6) is -0.727. The predicted molar refractivity (Wildman–Crippen MR) is 61.0 cm³/mol. The number of nitrogens with zero attached hydrogens (tertiary/aromatic N) is 3. The second kappa shape index (κ2) is 4.23. The van der Waals surface area contributed by atoms with Crippen molar-refractivity contribution in [1.29, 1.82) is 0 Å². The van der Waals surface area contributed by atoms with Crippen LogP contribution in [-0.2, 0) is 0 Å². The zero-order valence-corrected chi connectivity index (χ0v) is 10.1. The van der Waals surface area contributed by atoms with Crippen molar-refractivity contribution < 1.29 is 9.90 Å². The molecule has 7 heteroatoms. The van der Waals surface area contributed by atoms with Crippen LogP contribution in [0.3, 0.4) is 0 Å². The van der Waals surface area contributed by atoms with Crippen molar-refractivity contribution in [2.75, 3.05) is 0 Å². The molecule has 0 radical (unpaired) electrons. The van der Waals surface area contributed by atoms with Crippen molar-refractivity contribution in [2.24, 2.45) is 0 Å². The van der Waals surface area contributed by atoms with Crippen LogP contribution >= 0.6 is 27.5 Å². The normalized spacial score (nSPS) is 10.4. The summed E-state index contributed by atoms with van der Waals surface area (Å²) >= 11 is 9.02. The van der Waals surface area contributed by atoms with Gasteiger partial charge in [-0.3, -0.25) is 0 Å². The van der Waals surface area contributed by atoms with Gasteiger partial charge in [0.25, 0.3) is 0 Å². The number of rotatable bonds is 2. The van der Waals surface area contributed by atoms with Crippen molar-refractivity contribution in [2.45, 2.75) is 0 Å². The molecule has 0 bridgehead atoms. The van der Waals surface area contributed by atoms with Gasteiger partial charge in [-0.15, -0.1) is 0 Å². The van der Waals surface area contributed by atoms with Crippen LogP contribution in [0.15, 0.2) is 29.0 Å². The number of aromatic nitrogens is 3. The number of halogens is 2. The lowest BCUT2D eigenvalue weighted by molar-refractivity contribution is 0.0689. The molecule has 2 aromatic heterocycles. The molecule has 0 aliphatic carbocycles. The molecule has 0 amide bonds. The molecule has 0 aliphatic heterocycles. The van der Waals surface area contributed by atoms with Crippen LogP contribution in [0.4, 0.5) is 0 Å². The van der Waals surface area contributed by atoms with E-state index in [4.69, 9.17) is 16.7 Å². The maximum atomic E-state index is 10.8. The highest BCUT2D eigenvalue weighted by Gasteiger charge is 2.15. The molecule has 16 heavy (non-hydrogen) atoms. The van der Waals surface area contributed by atoms with Gasteiger partial charge in [-0.1, -0.05) is 11.6 Å². The van der Waals surface area contributed by atoms with E-state index in [1.807, 2.05) is 0 Å². The minimum Gasteiger partial charge on any atom is -0.476 e. The maximum absolute atomic E-state index is 10.8. The first kappa shape index (κ1) is 11.1. The highest BCUT2D eigenvalue weighted by Crippen LogP contribution is 2.21. The van der Waals surface area contributed by atoms with Crippen LogP contribution in [0.5, 0.6) is 0 Å². The largest absolute Gasteiger partial charge is 0.476 e. The van der Waals surface area contributed by atoms with E-state index in [-0.39, 0.29) is 5.69 Å². The topological polar surface area (TPSA) is 68.0 Å². The van der Waals surface area contributed by atoms with Crippen LogP contribution in [0.25, 0.3) is 5.82 Å². The van der Waals surface area contributed by atoms with Crippen molar-refractivity contribution >= 4 is 33.5 Å². The quantitative estimate of drug-likeness (QED) is 0.925. The summed E-state index contributed by atoms with van der Waals surface area (Å²) in [5.41, 5.74) is -0.0817. The molecule has 0 aliphatic rings. The summed E-state index contributed by atoms with van der Waals surface area (Å²) in [5, 5.41) is 13.1. The lowest BCUT2D eigenvalue weighted by Gasteiger charge is -2.00. The molecule has 0 fully saturated rings. The molecular weight excluding hydrogens is 297 g/mol. The molecule has 0 aromatic carbocycles. The van der Waals surface area contributed by atoms with Crippen LogP contribution < -0.4 is 0 Å². The Morgan fingerprint density at radius 3 is 2.88 bits per heavy atom. The Hall–Kier alpha value is -1.40. The molecule has 2 rings (SSSR count). The van der Waals surface area contributed by atoms with E-state index in [2.05, 4.69) is 26.0 Å². The van der Waals surface area contributed by atoms with Gasteiger partial charge in [0, 0.05) is 12.4 Å². The van der Waals surface area contributed by atoms with Crippen LogP contribution in [0.1, 0.15) is 10.5 Å². The molecule has 0 saturated carbocycles. The SMILES string of the molecule is O=C(O)c1nn(-c2ncccc2Cl)cc1Br. The van der Waals surface area contributed by atoms with Gasteiger partial charge in [-0.2, -0.15) is 5.10 Å². The van der Waals surface area contributed by atoms with Gasteiger partial charge in [0.1, 0.15) is 0 Å². The summed E-state index contributed by atoms with van der Waals surface area (Å²) in [7, 11) is 0. The first-order valence-corrected chi connectivity index (χ1v) is 5.36. The van der Waals surface area contributed by atoms with Gasteiger partial charge in [-0.25, -0.2) is 14.5 Å². The molecular formula is C9H5BrClN3O2. The Bertz CT molecular complexity index is 555. The van der Waals surface area contributed by atoms with E-state index in [9.17, 15) is 4.79 Å². The van der Waals surface area contributed by atoms with Gasteiger partial charge in [-0.05, 0) is 28.1 Å². The van der Waals surface area contributed by atoms with E-state index >= 15 is 0 Å². The fraction of sp³-hybridized carbons (Fsp3) is 0. The Morgan fingerprint density at radius 1 is 1.56 bits per heavy atom. The zero-order chi connectivity index (χ0) is 11.7. The van der Waals surface area contributed by atoms with Gasteiger partial charge < -0.3 is 5.11 Å². The summed E-state index contributed by atoms with van der Waals surface area (Å²) in [6.07, 6.45) is 3.05. The molecule has 0 atom stereocenters. The summed E-state index contributed by atoms with van der Waals surface area (Å²) in [6, 6.07) is 3.34. The van der Waals surface area contributed by atoms with E-state index in [0.717, 1.165) is 0 Å². The van der Waals surface area contributed by atoms with Gasteiger partial charge in [0.05, 0.1) is 9.50 Å². The molecule has 82 valence electrons. The Labute approximate surface area is 104 Å². The smallest absolute Gasteiger partial charge is 0.357 e. The first-order chi connectivity index (χ1) is 7.59. The van der Waals surface area contributed by atoms with Gasteiger partial charge in [0.15, 0.2) is 11.5 Å². The van der Waals surface area contributed by atoms with E-state index in [1.54, 1.807) is 18.3 Å². The van der Waals surface area contributed by atoms with E-state index < -0.39 is 5.97 Å². The third kappa shape index (κ3) is 1.94. The summed E-state index contributed by atoms with van der Waals surface area (Å²) < 4.78 is 1.69. The molecule has 5 nitrogen and oxygen atoms in total. The fourth-order valence-corrected chi connectivity index (χ4v) is 1.80. The van der Waals surface area contributed by atoms with Crippen molar-refractivity contribution in [3.8, 4) is 5.82 Å². The predicted octanol–water partition coefficient (Wildman–Crippen LogP) is 2.38. The Morgan fingerprint density at radius 2 is 2.31 bits per heavy atom. The Kier molecular flexibility index (Phi) is 2.93. The average molecular weight is 303 g/mol.